The van der Waals surface area contributed by atoms with Crippen LogP contribution in [0.1, 0.15) is 38.7 Å². The van der Waals surface area contributed by atoms with E-state index in [0.29, 0.717) is 17.6 Å². The van der Waals surface area contributed by atoms with E-state index in [1.54, 1.807) is 6.07 Å². The lowest BCUT2D eigenvalue weighted by Gasteiger charge is -2.32. The van der Waals surface area contributed by atoms with Crippen LogP contribution in [-0.2, 0) is 0 Å². The molecule has 0 aromatic heterocycles. The second kappa shape index (κ2) is 5.91. The number of nitro groups is 1. The standard InChI is InChI=1S/C15H18N2O3/c1-10-3-5-13(7-11(10)2)20-14-6-4-12(9-16)15(8-14)17(18)19/h4,6,8,10-11,13H,3,5,7H2,1-2H3. The molecule has 0 saturated heterocycles. The lowest BCUT2D eigenvalue weighted by molar-refractivity contribution is -0.385. The zero-order valence-corrected chi connectivity index (χ0v) is 11.7. The summed E-state index contributed by atoms with van der Waals surface area (Å²) >= 11 is 0. The third kappa shape index (κ3) is 3.08. The minimum atomic E-state index is -0.545. The number of nitriles is 1. The molecule has 1 fully saturated rings. The summed E-state index contributed by atoms with van der Waals surface area (Å²) in [5.74, 6) is 1.77. The molecule has 1 aliphatic rings. The van der Waals surface area contributed by atoms with Crippen molar-refractivity contribution in [2.45, 2.75) is 39.2 Å². The summed E-state index contributed by atoms with van der Waals surface area (Å²) in [6, 6.07) is 6.25. The van der Waals surface area contributed by atoms with Crippen molar-refractivity contribution in [1.29, 1.82) is 5.26 Å². The molecule has 1 aromatic rings. The van der Waals surface area contributed by atoms with Crippen molar-refractivity contribution in [1.82, 2.24) is 0 Å². The van der Waals surface area contributed by atoms with Gasteiger partial charge in [0, 0.05) is 0 Å². The summed E-state index contributed by atoms with van der Waals surface area (Å²) < 4.78 is 5.85. The van der Waals surface area contributed by atoms with Crippen LogP contribution in [0.3, 0.4) is 0 Å². The zero-order valence-electron chi connectivity index (χ0n) is 11.7. The van der Waals surface area contributed by atoms with Crippen LogP contribution in [0.5, 0.6) is 5.75 Å². The van der Waals surface area contributed by atoms with E-state index in [2.05, 4.69) is 13.8 Å². The Bertz CT molecular complexity index is 551. The molecular formula is C15H18N2O3. The Hall–Kier alpha value is -2.09. The first-order valence-corrected chi connectivity index (χ1v) is 6.86. The van der Waals surface area contributed by atoms with Gasteiger partial charge in [0.05, 0.1) is 17.1 Å². The fourth-order valence-corrected chi connectivity index (χ4v) is 2.63. The Morgan fingerprint density at radius 2 is 2.10 bits per heavy atom. The molecule has 0 amide bonds. The predicted molar refractivity (Wildman–Crippen MR) is 74.4 cm³/mol. The van der Waals surface area contributed by atoms with Gasteiger partial charge in [0.25, 0.3) is 5.69 Å². The Labute approximate surface area is 118 Å². The van der Waals surface area contributed by atoms with Gasteiger partial charge in [-0.1, -0.05) is 13.8 Å². The first kappa shape index (κ1) is 14.3. The van der Waals surface area contributed by atoms with E-state index in [1.165, 1.54) is 12.1 Å². The molecule has 5 heteroatoms. The van der Waals surface area contributed by atoms with Crippen LogP contribution in [0, 0.1) is 33.3 Å². The van der Waals surface area contributed by atoms with Gasteiger partial charge in [-0.25, -0.2) is 0 Å². The lowest BCUT2D eigenvalue weighted by Crippen LogP contribution is -2.28. The number of rotatable bonds is 3. The van der Waals surface area contributed by atoms with E-state index in [1.807, 2.05) is 6.07 Å². The normalized spacial score (nSPS) is 25.8. The predicted octanol–water partition coefficient (Wildman–Crippen LogP) is 3.67. The maximum atomic E-state index is 10.9. The quantitative estimate of drug-likeness (QED) is 0.622. The molecule has 1 saturated carbocycles. The van der Waals surface area contributed by atoms with E-state index in [0.717, 1.165) is 19.3 Å². The third-order valence-corrected chi connectivity index (χ3v) is 4.14. The smallest absolute Gasteiger partial charge is 0.290 e. The van der Waals surface area contributed by atoms with E-state index >= 15 is 0 Å². The average Bonchev–Trinajstić information content (AvgIpc) is 2.43. The molecule has 3 atom stereocenters. The van der Waals surface area contributed by atoms with Crippen molar-refractivity contribution < 1.29 is 9.66 Å². The molecule has 0 spiro atoms. The minimum Gasteiger partial charge on any atom is -0.490 e. The van der Waals surface area contributed by atoms with Crippen molar-refractivity contribution in [3.05, 3.63) is 33.9 Å². The van der Waals surface area contributed by atoms with Crippen LogP contribution in [0.2, 0.25) is 0 Å². The Balaban J connectivity index is 2.13. The average molecular weight is 274 g/mol. The van der Waals surface area contributed by atoms with Crippen molar-refractivity contribution in [2.75, 3.05) is 0 Å². The molecule has 3 unspecified atom stereocenters. The highest BCUT2D eigenvalue weighted by molar-refractivity contribution is 5.52. The number of hydrogen-bond donors (Lipinski definition) is 0. The van der Waals surface area contributed by atoms with Crippen molar-refractivity contribution in [2.24, 2.45) is 11.8 Å². The summed E-state index contributed by atoms with van der Waals surface area (Å²) in [4.78, 5) is 10.4. The van der Waals surface area contributed by atoms with Gasteiger partial charge in [0.2, 0.25) is 0 Å². The first-order valence-electron chi connectivity index (χ1n) is 6.86. The van der Waals surface area contributed by atoms with Gasteiger partial charge in [0.1, 0.15) is 17.4 Å². The van der Waals surface area contributed by atoms with Gasteiger partial charge in [-0.3, -0.25) is 10.1 Å². The van der Waals surface area contributed by atoms with Crippen molar-refractivity contribution in [3.63, 3.8) is 0 Å². The number of nitrogens with zero attached hydrogens (tertiary/aromatic N) is 2. The molecule has 0 aliphatic heterocycles. The topological polar surface area (TPSA) is 76.2 Å². The summed E-state index contributed by atoms with van der Waals surface area (Å²) in [5, 5.41) is 19.8. The van der Waals surface area contributed by atoms with Crippen molar-refractivity contribution in [3.8, 4) is 11.8 Å². The molecule has 20 heavy (non-hydrogen) atoms. The minimum absolute atomic E-state index is 0.0629. The second-order valence-electron chi connectivity index (χ2n) is 5.56. The lowest BCUT2D eigenvalue weighted by atomic mass is 9.80. The SMILES string of the molecule is CC1CCC(Oc2ccc(C#N)c([N+](=O)[O-])c2)CC1C. The fourth-order valence-electron chi connectivity index (χ4n) is 2.63. The van der Waals surface area contributed by atoms with Crippen LogP contribution in [0.25, 0.3) is 0 Å². The number of nitro benzene ring substituents is 1. The molecule has 0 radical (unpaired) electrons. The molecular weight excluding hydrogens is 256 g/mol. The van der Waals surface area contributed by atoms with Gasteiger partial charge in [-0.2, -0.15) is 5.26 Å². The third-order valence-electron chi connectivity index (χ3n) is 4.14. The summed E-state index contributed by atoms with van der Waals surface area (Å²) in [5.41, 5.74) is -0.129. The molecule has 5 nitrogen and oxygen atoms in total. The van der Waals surface area contributed by atoms with Gasteiger partial charge < -0.3 is 4.74 Å². The Kier molecular flexibility index (Phi) is 4.23. The van der Waals surface area contributed by atoms with Gasteiger partial charge in [-0.15, -0.1) is 0 Å². The zero-order chi connectivity index (χ0) is 14.7. The summed E-state index contributed by atoms with van der Waals surface area (Å²) in [7, 11) is 0. The largest absolute Gasteiger partial charge is 0.490 e. The highest BCUT2D eigenvalue weighted by atomic mass is 16.6. The Morgan fingerprint density at radius 3 is 2.70 bits per heavy atom. The van der Waals surface area contributed by atoms with Crippen LogP contribution in [-0.4, -0.2) is 11.0 Å². The second-order valence-corrected chi connectivity index (χ2v) is 5.56. The number of ether oxygens (including phenoxy) is 1. The van der Waals surface area contributed by atoms with Gasteiger partial charge >= 0.3 is 0 Å². The van der Waals surface area contributed by atoms with Crippen molar-refractivity contribution >= 4 is 5.69 Å². The molecule has 2 rings (SSSR count). The maximum absolute atomic E-state index is 10.9. The molecule has 0 bridgehead atoms. The molecule has 1 aromatic carbocycles. The first-order chi connectivity index (χ1) is 9.51. The van der Waals surface area contributed by atoms with E-state index in [-0.39, 0.29) is 17.4 Å². The van der Waals surface area contributed by atoms with Crippen LogP contribution >= 0.6 is 0 Å². The van der Waals surface area contributed by atoms with E-state index in [9.17, 15) is 10.1 Å². The number of hydrogen-bond acceptors (Lipinski definition) is 4. The van der Waals surface area contributed by atoms with Crippen LogP contribution < -0.4 is 4.74 Å². The maximum Gasteiger partial charge on any atom is 0.290 e. The fraction of sp³-hybridized carbons (Fsp3) is 0.533. The summed E-state index contributed by atoms with van der Waals surface area (Å²) in [6.45, 7) is 4.45. The van der Waals surface area contributed by atoms with E-state index in [4.69, 9.17) is 10.00 Å². The highest BCUT2D eigenvalue weighted by Gasteiger charge is 2.26. The van der Waals surface area contributed by atoms with Crippen LogP contribution in [0.15, 0.2) is 18.2 Å². The monoisotopic (exact) mass is 274 g/mol. The number of benzene rings is 1. The van der Waals surface area contributed by atoms with E-state index < -0.39 is 4.92 Å². The highest BCUT2D eigenvalue weighted by Crippen LogP contribution is 2.33. The molecule has 0 N–H and O–H groups in total. The molecule has 0 heterocycles. The molecule has 106 valence electrons. The molecule has 1 aliphatic carbocycles. The van der Waals surface area contributed by atoms with Gasteiger partial charge in [-0.05, 0) is 43.2 Å². The Morgan fingerprint density at radius 1 is 1.35 bits per heavy atom. The van der Waals surface area contributed by atoms with Gasteiger partial charge in [0.15, 0.2) is 0 Å². The van der Waals surface area contributed by atoms with Crippen LogP contribution in [0.4, 0.5) is 5.69 Å². The summed E-state index contributed by atoms with van der Waals surface area (Å²) in [6.07, 6.45) is 3.16.